The van der Waals surface area contributed by atoms with Crippen molar-refractivity contribution in [2.24, 2.45) is 0 Å². The minimum absolute atomic E-state index is 0.00627. The first-order chi connectivity index (χ1) is 12.1. The van der Waals surface area contributed by atoms with Gasteiger partial charge in [0.15, 0.2) is 0 Å². The van der Waals surface area contributed by atoms with Crippen LogP contribution in [0.5, 0.6) is 0 Å². The van der Waals surface area contributed by atoms with Gasteiger partial charge in [-0.25, -0.2) is 0 Å². The molecule has 1 heterocycles. The van der Waals surface area contributed by atoms with E-state index in [-0.39, 0.29) is 11.6 Å². The molecule has 0 radical (unpaired) electrons. The van der Waals surface area contributed by atoms with E-state index >= 15 is 0 Å². The van der Waals surface area contributed by atoms with Gasteiger partial charge in [0, 0.05) is 29.5 Å². The molecule has 0 fully saturated rings. The van der Waals surface area contributed by atoms with Crippen molar-refractivity contribution in [1.29, 1.82) is 0 Å². The first-order valence-corrected chi connectivity index (χ1v) is 7.50. The number of carbonyl (C=O) groups excluding carboxylic acids is 1. The maximum absolute atomic E-state index is 11.9. The molecule has 3 rings (SSSR count). The van der Waals surface area contributed by atoms with Crippen molar-refractivity contribution < 1.29 is 14.1 Å². The number of nitro groups is 1. The summed E-state index contributed by atoms with van der Waals surface area (Å²) >= 11 is 0. The smallest absolute Gasteiger partial charge is 0.270 e. The zero-order valence-electron chi connectivity index (χ0n) is 13.1. The average Bonchev–Trinajstić information content (AvgIpc) is 3.10. The number of benzene rings is 2. The highest BCUT2D eigenvalue weighted by Gasteiger charge is 2.09. The molecule has 25 heavy (non-hydrogen) atoms. The maximum Gasteiger partial charge on any atom is 0.270 e. The number of nitrogens with one attached hydrogen (secondary N) is 1. The summed E-state index contributed by atoms with van der Waals surface area (Å²) in [4.78, 5) is 22.2. The maximum atomic E-state index is 11.9. The van der Waals surface area contributed by atoms with E-state index in [2.05, 4.69) is 5.32 Å². The van der Waals surface area contributed by atoms with Crippen molar-refractivity contribution in [2.45, 2.75) is 0 Å². The molecular formula is C19H14N2O4. The molecule has 0 aliphatic carbocycles. The monoisotopic (exact) mass is 334 g/mol. The van der Waals surface area contributed by atoms with E-state index in [0.717, 1.165) is 0 Å². The fourth-order valence-corrected chi connectivity index (χ4v) is 2.23. The lowest BCUT2D eigenvalue weighted by Gasteiger charge is -2.00. The first kappa shape index (κ1) is 16.2. The average molecular weight is 334 g/mol. The summed E-state index contributed by atoms with van der Waals surface area (Å²) in [5.74, 6) is 0.691. The van der Waals surface area contributed by atoms with Crippen molar-refractivity contribution >= 4 is 23.4 Å². The summed E-state index contributed by atoms with van der Waals surface area (Å²) in [5.41, 5.74) is 1.30. The van der Waals surface area contributed by atoms with Crippen molar-refractivity contribution in [2.75, 3.05) is 5.32 Å². The Hall–Kier alpha value is -3.67. The van der Waals surface area contributed by atoms with Crippen molar-refractivity contribution in [3.8, 4) is 11.3 Å². The second kappa shape index (κ2) is 7.27. The molecular weight excluding hydrogens is 320 g/mol. The van der Waals surface area contributed by atoms with Crippen LogP contribution in [0.25, 0.3) is 17.4 Å². The van der Waals surface area contributed by atoms with Crippen LogP contribution in [0.2, 0.25) is 0 Å². The van der Waals surface area contributed by atoms with Gasteiger partial charge in [-0.1, -0.05) is 30.3 Å². The van der Waals surface area contributed by atoms with Crippen LogP contribution in [0, 0.1) is 10.1 Å². The third-order valence-corrected chi connectivity index (χ3v) is 3.41. The lowest BCUT2D eigenvalue weighted by Crippen LogP contribution is -2.07. The summed E-state index contributed by atoms with van der Waals surface area (Å²) in [6, 6.07) is 18.7. The number of rotatable bonds is 5. The van der Waals surface area contributed by atoms with Gasteiger partial charge in [0.05, 0.1) is 4.92 Å². The SMILES string of the molecule is O=C(C=Cc1ccc(-c2cccc([N+](=O)[O-])c2)o1)Nc1ccccc1. The zero-order chi connectivity index (χ0) is 17.6. The molecule has 0 unspecified atom stereocenters. The Morgan fingerprint density at radius 3 is 2.60 bits per heavy atom. The fraction of sp³-hybridized carbons (Fsp3) is 0. The summed E-state index contributed by atoms with van der Waals surface area (Å²) in [6.45, 7) is 0. The van der Waals surface area contributed by atoms with E-state index in [1.54, 1.807) is 42.5 Å². The van der Waals surface area contributed by atoms with Crippen LogP contribution in [-0.4, -0.2) is 10.8 Å². The van der Waals surface area contributed by atoms with Crippen LogP contribution < -0.4 is 5.32 Å². The summed E-state index contributed by atoms with van der Waals surface area (Å²) in [6.07, 6.45) is 2.90. The largest absolute Gasteiger partial charge is 0.457 e. The minimum atomic E-state index is -0.457. The predicted octanol–water partition coefficient (Wildman–Crippen LogP) is 4.51. The molecule has 1 aromatic heterocycles. The number of carbonyl (C=O) groups is 1. The predicted molar refractivity (Wildman–Crippen MR) is 94.9 cm³/mol. The minimum Gasteiger partial charge on any atom is -0.457 e. The van der Waals surface area contributed by atoms with Gasteiger partial charge in [0.1, 0.15) is 11.5 Å². The fourth-order valence-electron chi connectivity index (χ4n) is 2.23. The molecule has 1 N–H and O–H groups in total. The molecule has 124 valence electrons. The highest BCUT2D eigenvalue weighted by molar-refractivity contribution is 6.01. The molecule has 0 aliphatic heterocycles. The van der Waals surface area contributed by atoms with Gasteiger partial charge >= 0.3 is 0 Å². The van der Waals surface area contributed by atoms with E-state index < -0.39 is 4.92 Å². The first-order valence-electron chi connectivity index (χ1n) is 7.50. The summed E-state index contributed by atoms with van der Waals surface area (Å²) in [7, 11) is 0. The van der Waals surface area contributed by atoms with Crippen molar-refractivity contribution in [1.82, 2.24) is 0 Å². The third-order valence-electron chi connectivity index (χ3n) is 3.41. The number of hydrogen-bond acceptors (Lipinski definition) is 4. The Balaban J connectivity index is 1.70. The number of nitro benzene ring substituents is 1. The molecule has 3 aromatic rings. The topological polar surface area (TPSA) is 85.4 Å². The van der Waals surface area contributed by atoms with Gasteiger partial charge in [0.25, 0.3) is 5.69 Å². The van der Waals surface area contributed by atoms with E-state index in [9.17, 15) is 14.9 Å². The number of furan rings is 1. The van der Waals surface area contributed by atoms with Crippen molar-refractivity contribution in [3.63, 3.8) is 0 Å². The van der Waals surface area contributed by atoms with Crippen molar-refractivity contribution in [3.05, 3.63) is 88.7 Å². The van der Waals surface area contributed by atoms with Crippen LogP contribution in [-0.2, 0) is 4.79 Å². The molecule has 0 saturated carbocycles. The number of non-ortho nitro benzene ring substituents is 1. The Morgan fingerprint density at radius 1 is 1.04 bits per heavy atom. The Bertz CT molecular complexity index is 929. The van der Waals surface area contributed by atoms with Gasteiger partial charge in [-0.15, -0.1) is 0 Å². The Morgan fingerprint density at radius 2 is 1.84 bits per heavy atom. The molecule has 0 atom stereocenters. The van der Waals surface area contributed by atoms with Gasteiger partial charge in [-0.2, -0.15) is 0 Å². The van der Waals surface area contributed by atoms with E-state index in [1.165, 1.54) is 18.2 Å². The van der Waals surface area contributed by atoms with E-state index in [1.807, 2.05) is 18.2 Å². The van der Waals surface area contributed by atoms with E-state index in [4.69, 9.17) is 4.42 Å². The second-order valence-electron chi connectivity index (χ2n) is 5.20. The highest BCUT2D eigenvalue weighted by atomic mass is 16.6. The molecule has 0 bridgehead atoms. The van der Waals surface area contributed by atoms with Gasteiger partial charge in [0.2, 0.25) is 5.91 Å². The highest BCUT2D eigenvalue weighted by Crippen LogP contribution is 2.26. The number of hydrogen-bond donors (Lipinski definition) is 1. The van der Waals surface area contributed by atoms with Crippen LogP contribution in [0.15, 0.2) is 77.2 Å². The number of para-hydroxylation sites is 1. The van der Waals surface area contributed by atoms with E-state index in [0.29, 0.717) is 22.8 Å². The van der Waals surface area contributed by atoms with Crippen LogP contribution >= 0.6 is 0 Å². The standard InChI is InChI=1S/C19H14N2O4/c22-19(20-15-6-2-1-3-7-15)12-10-17-9-11-18(25-17)14-5-4-8-16(13-14)21(23)24/h1-13H,(H,20,22). The molecule has 2 aromatic carbocycles. The summed E-state index contributed by atoms with van der Waals surface area (Å²) < 4.78 is 5.62. The quantitative estimate of drug-likeness (QED) is 0.423. The number of anilines is 1. The van der Waals surface area contributed by atoms with Crippen LogP contribution in [0.3, 0.4) is 0 Å². The molecule has 0 aliphatic rings. The molecule has 0 spiro atoms. The van der Waals surface area contributed by atoms with Gasteiger partial charge < -0.3 is 9.73 Å². The Kier molecular flexibility index (Phi) is 4.71. The van der Waals surface area contributed by atoms with Crippen LogP contribution in [0.4, 0.5) is 11.4 Å². The second-order valence-corrected chi connectivity index (χ2v) is 5.20. The normalized spacial score (nSPS) is 10.7. The zero-order valence-corrected chi connectivity index (χ0v) is 13.1. The number of nitrogens with zero attached hydrogens (tertiary/aromatic N) is 1. The molecule has 0 saturated heterocycles. The molecule has 6 heteroatoms. The van der Waals surface area contributed by atoms with Crippen LogP contribution in [0.1, 0.15) is 5.76 Å². The summed E-state index contributed by atoms with van der Waals surface area (Å²) in [5, 5.41) is 13.6. The lowest BCUT2D eigenvalue weighted by molar-refractivity contribution is -0.384. The van der Waals surface area contributed by atoms with Gasteiger partial charge in [-0.3, -0.25) is 14.9 Å². The Labute approximate surface area is 143 Å². The third kappa shape index (κ3) is 4.20. The molecule has 1 amide bonds. The number of amides is 1. The van der Waals surface area contributed by atoms with Gasteiger partial charge in [-0.05, 0) is 30.3 Å². The lowest BCUT2D eigenvalue weighted by atomic mass is 10.1. The molecule has 6 nitrogen and oxygen atoms in total.